The first kappa shape index (κ1) is 23.9. The van der Waals surface area contributed by atoms with Gasteiger partial charge >= 0.3 is 0 Å². The number of hydrogen-bond acceptors (Lipinski definition) is 3. The lowest BCUT2D eigenvalue weighted by Crippen LogP contribution is -2.62. The van der Waals surface area contributed by atoms with Crippen molar-refractivity contribution in [2.75, 3.05) is 0 Å². The molecule has 156 valence electrons. The van der Waals surface area contributed by atoms with Crippen molar-refractivity contribution in [3.8, 4) is 0 Å². The molecule has 5 nitrogen and oxygen atoms in total. The van der Waals surface area contributed by atoms with Crippen LogP contribution in [0.5, 0.6) is 0 Å². The summed E-state index contributed by atoms with van der Waals surface area (Å²) in [5.41, 5.74) is -0.396. The lowest BCUT2D eigenvalue weighted by atomic mass is 9.80. The van der Waals surface area contributed by atoms with E-state index in [4.69, 9.17) is 0 Å². The largest absolute Gasteiger partial charge is 0.344 e. The van der Waals surface area contributed by atoms with Gasteiger partial charge in [-0.3, -0.25) is 14.4 Å². The van der Waals surface area contributed by atoms with Gasteiger partial charge in [0, 0.05) is 12.0 Å². The summed E-state index contributed by atoms with van der Waals surface area (Å²) in [4.78, 5) is 38.3. The molecule has 2 rings (SSSR count). The quantitative estimate of drug-likeness (QED) is 0.698. The summed E-state index contributed by atoms with van der Waals surface area (Å²) in [6, 6.07) is 8.46. The molecule has 1 aliphatic carbocycles. The SMILES string of the molecule is C.CCC(=O)[C@H](CC(C)C)NC(=O)C1(NC(=O)c2ccccc2)CCCCC1. The van der Waals surface area contributed by atoms with Crippen LogP contribution in [-0.2, 0) is 9.59 Å². The molecule has 0 aromatic heterocycles. The van der Waals surface area contributed by atoms with Crippen molar-refractivity contribution >= 4 is 17.6 Å². The van der Waals surface area contributed by atoms with Crippen LogP contribution >= 0.6 is 0 Å². The highest BCUT2D eigenvalue weighted by molar-refractivity contribution is 6.00. The van der Waals surface area contributed by atoms with E-state index in [0.717, 1.165) is 19.3 Å². The fraction of sp³-hybridized carbons (Fsp3) is 0.609. The van der Waals surface area contributed by atoms with E-state index in [-0.39, 0.29) is 25.0 Å². The van der Waals surface area contributed by atoms with Crippen molar-refractivity contribution in [1.82, 2.24) is 10.6 Å². The van der Waals surface area contributed by atoms with Crippen LogP contribution in [0.4, 0.5) is 0 Å². The number of hydrogen-bond donors (Lipinski definition) is 2. The second-order valence-electron chi connectivity index (χ2n) is 7.94. The molecule has 1 aromatic rings. The lowest BCUT2D eigenvalue weighted by Gasteiger charge is -2.37. The number of nitrogens with one attached hydrogen (secondary N) is 2. The third kappa shape index (κ3) is 6.18. The first-order chi connectivity index (χ1) is 12.9. The molecule has 0 unspecified atom stereocenters. The highest BCUT2D eigenvalue weighted by Gasteiger charge is 2.42. The van der Waals surface area contributed by atoms with Gasteiger partial charge in [0.2, 0.25) is 5.91 Å². The van der Waals surface area contributed by atoms with E-state index < -0.39 is 11.6 Å². The number of rotatable bonds is 8. The molecule has 1 aromatic carbocycles. The zero-order valence-corrected chi connectivity index (χ0v) is 16.7. The molecule has 0 radical (unpaired) electrons. The van der Waals surface area contributed by atoms with Gasteiger partial charge in [-0.25, -0.2) is 0 Å². The van der Waals surface area contributed by atoms with Crippen LogP contribution in [0.3, 0.4) is 0 Å². The molecular formula is C23H36N2O3. The van der Waals surface area contributed by atoms with Crippen LogP contribution in [0.2, 0.25) is 0 Å². The molecule has 1 aliphatic rings. The number of amides is 2. The molecule has 0 bridgehead atoms. The molecular weight excluding hydrogens is 352 g/mol. The second kappa shape index (κ2) is 11.0. The molecule has 0 saturated heterocycles. The monoisotopic (exact) mass is 388 g/mol. The minimum absolute atomic E-state index is 0. The average molecular weight is 389 g/mol. The van der Waals surface area contributed by atoms with Gasteiger partial charge in [0.25, 0.3) is 5.91 Å². The fourth-order valence-electron chi connectivity index (χ4n) is 3.73. The summed E-state index contributed by atoms with van der Waals surface area (Å²) in [6.45, 7) is 5.89. The normalized spacial score (nSPS) is 16.6. The minimum atomic E-state index is -0.936. The Hall–Kier alpha value is -2.17. The predicted molar refractivity (Wildman–Crippen MR) is 113 cm³/mol. The van der Waals surface area contributed by atoms with Crippen molar-refractivity contribution in [2.45, 2.75) is 84.7 Å². The summed E-state index contributed by atoms with van der Waals surface area (Å²) in [5, 5.41) is 5.97. The van der Waals surface area contributed by atoms with Crippen molar-refractivity contribution < 1.29 is 14.4 Å². The molecule has 1 atom stereocenters. The third-order valence-electron chi connectivity index (χ3n) is 5.28. The van der Waals surface area contributed by atoms with E-state index in [1.54, 1.807) is 24.3 Å². The van der Waals surface area contributed by atoms with E-state index in [1.807, 2.05) is 26.8 Å². The molecule has 1 fully saturated rings. The van der Waals surface area contributed by atoms with Gasteiger partial charge < -0.3 is 10.6 Å². The molecule has 2 amide bonds. The zero-order chi connectivity index (χ0) is 19.9. The number of carbonyl (C=O) groups is 3. The van der Waals surface area contributed by atoms with Crippen molar-refractivity contribution in [1.29, 1.82) is 0 Å². The summed E-state index contributed by atoms with van der Waals surface area (Å²) in [7, 11) is 0. The molecule has 0 aliphatic heterocycles. The molecule has 0 spiro atoms. The average Bonchev–Trinajstić information content (AvgIpc) is 2.67. The zero-order valence-electron chi connectivity index (χ0n) is 16.7. The molecule has 5 heteroatoms. The number of carbonyl (C=O) groups excluding carboxylic acids is 3. The number of ketones is 1. The van der Waals surface area contributed by atoms with Crippen molar-refractivity contribution in [3.63, 3.8) is 0 Å². The van der Waals surface area contributed by atoms with Crippen molar-refractivity contribution in [3.05, 3.63) is 35.9 Å². The van der Waals surface area contributed by atoms with Gasteiger partial charge in [0.15, 0.2) is 5.78 Å². The van der Waals surface area contributed by atoms with Gasteiger partial charge in [0.05, 0.1) is 6.04 Å². The smallest absolute Gasteiger partial charge is 0.252 e. The lowest BCUT2D eigenvalue weighted by molar-refractivity contribution is -0.133. The minimum Gasteiger partial charge on any atom is -0.344 e. The second-order valence-corrected chi connectivity index (χ2v) is 7.94. The molecule has 1 saturated carbocycles. The summed E-state index contributed by atoms with van der Waals surface area (Å²) in [6.07, 6.45) is 5.04. The van der Waals surface area contributed by atoms with Crippen LogP contribution in [-0.4, -0.2) is 29.2 Å². The maximum absolute atomic E-state index is 13.2. The predicted octanol–water partition coefficient (Wildman–Crippen LogP) is 4.27. The van der Waals surface area contributed by atoms with E-state index in [2.05, 4.69) is 10.6 Å². The Kier molecular flexibility index (Phi) is 9.36. The van der Waals surface area contributed by atoms with Gasteiger partial charge in [-0.2, -0.15) is 0 Å². The Morgan fingerprint density at radius 2 is 1.64 bits per heavy atom. The standard InChI is InChI=1S/C22H32N2O3.CH4/c1-4-19(25)18(15-16(2)3)23-21(27)22(13-9-6-10-14-22)24-20(26)17-11-7-5-8-12-17;/h5,7-8,11-12,16,18H,4,6,9-10,13-15H2,1-3H3,(H,23,27)(H,24,26);1H4/t18-;/m0./s1. The van der Waals surface area contributed by atoms with Crippen LogP contribution in [0.15, 0.2) is 30.3 Å². The van der Waals surface area contributed by atoms with E-state index in [1.165, 1.54) is 0 Å². The van der Waals surface area contributed by atoms with Crippen LogP contribution in [0.1, 0.15) is 83.5 Å². The summed E-state index contributed by atoms with van der Waals surface area (Å²) in [5.74, 6) is -0.127. The topological polar surface area (TPSA) is 75.3 Å². The maximum Gasteiger partial charge on any atom is 0.252 e. The Morgan fingerprint density at radius 3 is 2.18 bits per heavy atom. The first-order valence-corrected chi connectivity index (χ1v) is 10.1. The Labute approximate surface area is 169 Å². The van der Waals surface area contributed by atoms with Crippen LogP contribution < -0.4 is 10.6 Å². The van der Waals surface area contributed by atoms with Crippen LogP contribution in [0, 0.1) is 5.92 Å². The van der Waals surface area contributed by atoms with Crippen LogP contribution in [0.25, 0.3) is 0 Å². The Balaban J connectivity index is 0.00000392. The van der Waals surface area contributed by atoms with E-state index in [9.17, 15) is 14.4 Å². The molecule has 2 N–H and O–H groups in total. The van der Waals surface area contributed by atoms with Gasteiger partial charge in [-0.1, -0.05) is 65.7 Å². The van der Waals surface area contributed by atoms with Gasteiger partial charge in [0.1, 0.15) is 5.54 Å². The summed E-state index contributed by atoms with van der Waals surface area (Å²) < 4.78 is 0. The maximum atomic E-state index is 13.2. The number of benzene rings is 1. The molecule has 0 heterocycles. The third-order valence-corrected chi connectivity index (χ3v) is 5.28. The first-order valence-electron chi connectivity index (χ1n) is 10.1. The Morgan fingerprint density at radius 1 is 1.04 bits per heavy atom. The van der Waals surface area contributed by atoms with Gasteiger partial charge in [-0.15, -0.1) is 0 Å². The fourth-order valence-corrected chi connectivity index (χ4v) is 3.73. The number of Topliss-reactive ketones (excluding diaryl/α,β-unsaturated/α-hetero) is 1. The van der Waals surface area contributed by atoms with E-state index >= 15 is 0 Å². The molecule has 28 heavy (non-hydrogen) atoms. The highest BCUT2D eigenvalue weighted by Crippen LogP contribution is 2.29. The Bertz CT molecular complexity index is 649. The van der Waals surface area contributed by atoms with Crippen molar-refractivity contribution in [2.24, 2.45) is 5.92 Å². The summed E-state index contributed by atoms with van der Waals surface area (Å²) >= 11 is 0. The van der Waals surface area contributed by atoms with E-state index in [0.29, 0.717) is 37.2 Å². The van der Waals surface area contributed by atoms with Gasteiger partial charge in [-0.05, 0) is 37.3 Å². The highest BCUT2D eigenvalue weighted by atomic mass is 16.2.